The van der Waals surface area contributed by atoms with Crippen molar-refractivity contribution < 1.29 is 0 Å². The number of aromatic nitrogens is 2. The van der Waals surface area contributed by atoms with Gasteiger partial charge in [-0.15, -0.1) is 0 Å². The van der Waals surface area contributed by atoms with Gasteiger partial charge >= 0.3 is 0 Å². The second-order valence-corrected chi connectivity index (χ2v) is 4.73. The third kappa shape index (κ3) is 2.66. The Morgan fingerprint density at radius 2 is 2.41 bits per heavy atom. The lowest BCUT2D eigenvalue weighted by Crippen LogP contribution is -2.46. The molecule has 1 aromatic rings. The minimum atomic E-state index is -0.0751. The second-order valence-electron chi connectivity index (χ2n) is 4.73. The molecule has 2 atom stereocenters. The lowest BCUT2D eigenvalue weighted by molar-refractivity contribution is 0.426. The molecule has 0 aliphatic carbocycles. The summed E-state index contributed by atoms with van der Waals surface area (Å²) in [7, 11) is 0. The lowest BCUT2D eigenvalue weighted by atomic mass is 9.99. The Morgan fingerprint density at radius 1 is 1.65 bits per heavy atom. The van der Waals surface area contributed by atoms with Crippen molar-refractivity contribution in [2.24, 2.45) is 5.73 Å². The van der Waals surface area contributed by atoms with Crippen molar-refractivity contribution in [2.75, 3.05) is 11.4 Å². The summed E-state index contributed by atoms with van der Waals surface area (Å²) in [6.07, 6.45) is 2.65. The molecule has 2 rings (SSSR count). The second kappa shape index (κ2) is 4.87. The molecular weight excluding hydrogens is 216 g/mol. The van der Waals surface area contributed by atoms with Crippen molar-refractivity contribution in [2.45, 2.75) is 45.2 Å². The maximum atomic E-state index is 11.5. The van der Waals surface area contributed by atoms with Crippen molar-refractivity contribution >= 4 is 5.82 Å². The van der Waals surface area contributed by atoms with Crippen LogP contribution >= 0.6 is 0 Å². The van der Waals surface area contributed by atoms with Gasteiger partial charge < -0.3 is 15.6 Å². The number of rotatable bonds is 2. The van der Waals surface area contributed by atoms with Crippen molar-refractivity contribution in [3.8, 4) is 0 Å². The van der Waals surface area contributed by atoms with Crippen LogP contribution in [0.2, 0.25) is 0 Å². The van der Waals surface area contributed by atoms with Crippen LogP contribution in [-0.2, 0) is 6.42 Å². The first-order valence-corrected chi connectivity index (χ1v) is 6.22. The van der Waals surface area contributed by atoms with Crippen LogP contribution in [0.3, 0.4) is 0 Å². The number of nitrogens with zero attached hydrogens (tertiary/aromatic N) is 2. The Hall–Kier alpha value is -1.36. The average molecular weight is 236 g/mol. The highest BCUT2D eigenvalue weighted by atomic mass is 16.1. The Morgan fingerprint density at radius 3 is 3.06 bits per heavy atom. The van der Waals surface area contributed by atoms with Gasteiger partial charge in [0.15, 0.2) is 0 Å². The van der Waals surface area contributed by atoms with E-state index in [-0.39, 0.29) is 11.6 Å². The first-order chi connectivity index (χ1) is 8.10. The van der Waals surface area contributed by atoms with Gasteiger partial charge in [-0.3, -0.25) is 4.79 Å². The van der Waals surface area contributed by atoms with E-state index in [9.17, 15) is 4.79 Å². The van der Waals surface area contributed by atoms with E-state index in [1.807, 2.05) is 6.92 Å². The number of nitrogens with one attached hydrogen (secondary N) is 1. The Bertz CT molecular complexity index is 442. The minimum Gasteiger partial charge on any atom is -0.354 e. The molecule has 94 valence electrons. The quantitative estimate of drug-likeness (QED) is 0.790. The zero-order valence-electron chi connectivity index (χ0n) is 10.4. The van der Waals surface area contributed by atoms with Gasteiger partial charge in [0.25, 0.3) is 5.56 Å². The molecule has 0 radical (unpaired) electrons. The van der Waals surface area contributed by atoms with Gasteiger partial charge in [0, 0.05) is 31.1 Å². The molecule has 1 aromatic heterocycles. The number of hydrogen-bond acceptors (Lipinski definition) is 4. The van der Waals surface area contributed by atoms with Crippen LogP contribution in [0.4, 0.5) is 5.82 Å². The van der Waals surface area contributed by atoms with Crippen LogP contribution in [0.25, 0.3) is 0 Å². The van der Waals surface area contributed by atoms with Gasteiger partial charge in [0.2, 0.25) is 0 Å². The fraction of sp³-hybridized carbons (Fsp3) is 0.667. The lowest BCUT2D eigenvalue weighted by Gasteiger charge is -2.37. The molecule has 1 saturated heterocycles. The van der Waals surface area contributed by atoms with Crippen LogP contribution in [0.15, 0.2) is 10.9 Å². The summed E-state index contributed by atoms with van der Waals surface area (Å²) in [5, 5.41) is 0. The van der Waals surface area contributed by atoms with Crippen molar-refractivity contribution in [1.82, 2.24) is 9.97 Å². The van der Waals surface area contributed by atoms with E-state index < -0.39 is 0 Å². The molecule has 1 fully saturated rings. The van der Waals surface area contributed by atoms with Crippen molar-refractivity contribution in [1.29, 1.82) is 0 Å². The topological polar surface area (TPSA) is 75.0 Å². The Balaban J connectivity index is 2.27. The highest BCUT2D eigenvalue weighted by molar-refractivity contribution is 5.39. The van der Waals surface area contributed by atoms with E-state index in [1.165, 1.54) is 0 Å². The fourth-order valence-corrected chi connectivity index (χ4v) is 2.36. The smallest absolute Gasteiger partial charge is 0.252 e. The number of H-pyrrole nitrogens is 1. The van der Waals surface area contributed by atoms with Crippen LogP contribution in [0.1, 0.15) is 32.5 Å². The molecular formula is C12H20N4O. The van der Waals surface area contributed by atoms with E-state index in [4.69, 9.17) is 5.73 Å². The highest BCUT2D eigenvalue weighted by Gasteiger charge is 2.24. The molecule has 0 spiro atoms. The molecule has 0 aromatic carbocycles. The third-order valence-electron chi connectivity index (χ3n) is 3.32. The van der Waals surface area contributed by atoms with Crippen LogP contribution in [0, 0.1) is 0 Å². The summed E-state index contributed by atoms with van der Waals surface area (Å²) < 4.78 is 0. The molecule has 17 heavy (non-hydrogen) atoms. The van der Waals surface area contributed by atoms with Crippen LogP contribution in [-0.4, -0.2) is 28.6 Å². The molecule has 0 amide bonds. The van der Waals surface area contributed by atoms with Gasteiger partial charge in [-0.25, -0.2) is 4.98 Å². The highest BCUT2D eigenvalue weighted by Crippen LogP contribution is 2.21. The molecule has 1 aliphatic rings. The predicted octanol–water partition coefficient (Wildman–Crippen LogP) is 0.648. The van der Waals surface area contributed by atoms with Crippen LogP contribution < -0.4 is 16.2 Å². The predicted molar refractivity (Wildman–Crippen MR) is 68.3 cm³/mol. The van der Waals surface area contributed by atoms with Gasteiger partial charge in [-0.2, -0.15) is 0 Å². The molecule has 2 unspecified atom stereocenters. The summed E-state index contributed by atoms with van der Waals surface area (Å²) in [5.74, 6) is 1.53. The number of nitrogens with two attached hydrogens (primary N) is 1. The SMILES string of the molecule is CCc1nc(N2CCC(N)CC2C)cc(=O)[nH]1. The summed E-state index contributed by atoms with van der Waals surface area (Å²) >= 11 is 0. The van der Waals surface area contributed by atoms with Crippen LogP contribution in [0.5, 0.6) is 0 Å². The monoisotopic (exact) mass is 236 g/mol. The molecule has 5 nitrogen and oxygen atoms in total. The molecule has 5 heteroatoms. The van der Waals surface area contributed by atoms with Gasteiger partial charge in [0.05, 0.1) is 0 Å². The Labute approximate surface area is 101 Å². The normalized spacial score (nSPS) is 25.0. The summed E-state index contributed by atoms with van der Waals surface area (Å²) in [6.45, 7) is 4.99. The summed E-state index contributed by atoms with van der Waals surface area (Å²) in [6, 6.07) is 2.19. The van der Waals surface area contributed by atoms with E-state index in [0.717, 1.165) is 37.4 Å². The van der Waals surface area contributed by atoms with Crippen molar-refractivity contribution in [3.05, 3.63) is 22.2 Å². The summed E-state index contributed by atoms with van der Waals surface area (Å²) in [4.78, 5) is 20.9. The Kier molecular flexibility index (Phi) is 3.47. The van der Waals surface area contributed by atoms with Gasteiger partial charge in [-0.1, -0.05) is 6.92 Å². The number of piperidine rings is 1. The molecule has 0 bridgehead atoms. The molecule has 3 N–H and O–H groups in total. The molecule has 0 saturated carbocycles. The van der Waals surface area contributed by atoms with Crippen molar-refractivity contribution in [3.63, 3.8) is 0 Å². The standard InChI is InChI=1S/C12H20N4O/c1-3-10-14-11(7-12(17)15-10)16-5-4-9(13)6-8(16)2/h7-9H,3-6,13H2,1-2H3,(H,14,15,17). The van der Waals surface area contributed by atoms with E-state index >= 15 is 0 Å². The maximum Gasteiger partial charge on any atom is 0.252 e. The minimum absolute atomic E-state index is 0.0751. The first-order valence-electron chi connectivity index (χ1n) is 6.22. The number of aryl methyl sites for hydroxylation is 1. The zero-order valence-corrected chi connectivity index (χ0v) is 10.4. The fourth-order valence-electron chi connectivity index (χ4n) is 2.36. The van der Waals surface area contributed by atoms with E-state index in [0.29, 0.717) is 6.04 Å². The van der Waals surface area contributed by atoms with E-state index in [2.05, 4.69) is 21.8 Å². The van der Waals surface area contributed by atoms with Gasteiger partial charge in [0.1, 0.15) is 11.6 Å². The number of hydrogen-bond donors (Lipinski definition) is 2. The largest absolute Gasteiger partial charge is 0.354 e. The first kappa shape index (κ1) is 12.1. The zero-order chi connectivity index (χ0) is 12.4. The average Bonchev–Trinajstić information content (AvgIpc) is 2.28. The third-order valence-corrected chi connectivity index (χ3v) is 3.32. The summed E-state index contributed by atoms with van der Waals surface area (Å²) in [5.41, 5.74) is 5.86. The molecule has 2 heterocycles. The number of aromatic amines is 1. The van der Waals surface area contributed by atoms with Gasteiger partial charge in [-0.05, 0) is 19.8 Å². The maximum absolute atomic E-state index is 11.5. The van der Waals surface area contributed by atoms with E-state index in [1.54, 1.807) is 6.07 Å². The number of anilines is 1. The molecule has 1 aliphatic heterocycles.